The van der Waals surface area contributed by atoms with E-state index in [0.717, 1.165) is 40.8 Å². The van der Waals surface area contributed by atoms with Crippen molar-refractivity contribution in [3.05, 3.63) is 144 Å². The molecule has 7 heteroatoms. The van der Waals surface area contributed by atoms with Gasteiger partial charge in [0.15, 0.2) is 4.80 Å². The Labute approximate surface area is 233 Å². The summed E-state index contributed by atoms with van der Waals surface area (Å²) in [6, 6.07) is 26.9. The van der Waals surface area contributed by atoms with Crippen LogP contribution in [-0.2, 0) is 6.42 Å². The van der Waals surface area contributed by atoms with Crippen molar-refractivity contribution in [3.63, 3.8) is 0 Å². The zero-order valence-electron chi connectivity index (χ0n) is 21.6. The molecule has 1 aliphatic heterocycles. The van der Waals surface area contributed by atoms with Crippen LogP contribution in [0.1, 0.15) is 50.8 Å². The summed E-state index contributed by atoms with van der Waals surface area (Å²) in [5.41, 5.74) is 7.30. The number of aromatic nitrogens is 1. The molecule has 0 spiro atoms. The predicted molar refractivity (Wildman–Crippen MR) is 155 cm³/mol. The molecule has 1 atom stereocenters. The molecule has 6 nitrogen and oxygen atoms in total. The van der Waals surface area contributed by atoms with E-state index in [-0.39, 0.29) is 17.2 Å². The molecular formula is C33H24N2O4S. The number of rotatable bonds is 4. The van der Waals surface area contributed by atoms with Crippen molar-refractivity contribution < 1.29 is 14.3 Å². The van der Waals surface area contributed by atoms with Gasteiger partial charge in [0.2, 0.25) is 0 Å². The van der Waals surface area contributed by atoms with Gasteiger partial charge in [-0.1, -0.05) is 72.0 Å². The van der Waals surface area contributed by atoms with E-state index in [1.807, 2.05) is 35.8 Å². The zero-order chi connectivity index (χ0) is 27.4. The molecule has 3 heterocycles. The van der Waals surface area contributed by atoms with E-state index in [2.05, 4.69) is 30.3 Å². The second kappa shape index (κ2) is 9.47. The van der Waals surface area contributed by atoms with Gasteiger partial charge in [-0.05, 0) is 66.3 Å². The van der Waals surface area contributed by atoms with Gasteiger partial charge in [0.05, 0.1) is 21.8 Å². The molecule has 7 rings (SSSR count). The lowest BCUT2D eigenvalue weighted by atomic mass is 9.83. The maximum atomic E-state index is 13.9. The molecule has 1 aliphatic carbocycles. The number of furan rings is 1. The summed E-state index contributed by atoms with van der Waals surface area (Å²) in [4.78, 5) is 31.1. The predicted octanol–water partition coefficient (Wildman–Crippen LogP) is 5.59. The van der Waals surface area contributed by atoms with E-state index in [4.69, 9.17) is 9.41 Å². The van der Waals surface area contributed by atoms with Crippen molar-refractivity contribution in [3.8, 4) is 11.3 Å². The topological polar surface area (TPSA) is 84.8 Å². The minimum atomic E-state index is -0.993. The van der Waals surface area contributed by atoms with E-state index in [1.165, 1.54) is 16.9 Å². The highest BCUT2D eigenvalue weighted by molar-refractivity contribution is 7.07. The second-order valence-electron chi connectivity index (χ2n) is 10.1. The number of thiazole rings is 1. The van der Waals surface area contributed by atoms with Crippen LogP contribution < -0.4 is 14.9 Å². The number of aromatic carboxylic acids is 1. The lowest BCUT2D eigenvalue weighted by Crippen LogP contribution is -2.38. The fraction of sp³-hybridized carbons (Fsp3) is 0.121. The van der Waals surface area contributed by atoms with Crippen LogP contribution in [-0.4, -0.2) is 15.6 Å². The molecule has 0 fully saturated rings. The van der Waals surface area contributed by atoms with Crippen LogP contribution in [0.5, 0.6) is 0 Å². The van der Waals surface area contributed by atoms with E-state index in [1.54, 1.807) is 36.4 Å². The maximum absolute atomic E-state index is 13.9. The van der Waals surface area contributed by atoms with Crippen LogP contribution in [0.25, 0.3) is 23.1 Å². The molecule has 2 aromatic heterocycles. The highest BCUT2D eigenvalue weighted by Gasteiger charge is 2.32. The summed E-state index contributed by atoms with van der Waals surface area (Å²) in [6.07, 6.45) is 3.51. The molecule has 2 aliphatic rings. The number of allylic oxidation sites excluding steroid dienone is 1. The summed E-state index contributed by atoms with van der Waals surface area (Å²) < 4.78 is 8.45. The number of hydrogen-bond donors (Lipinski definition) is 1. The van der Waals surface area contributed by atoms with E-state index in [9.17, 15) is 14.7 Å². The summed E-state index contributed by atoms with van der Waals surface area (Å²) >= 11 is 1.36. The molecule has 40 heavy (non-hydrogen) atoms. The fourth-order valence-electron chi connectivity index (χ4n) is 5.68. The maximum Gasteiger partial charge on any atom is 0.335 e. The standard InChI is InChI=1S/C33H24N2O4S/c1-19-11-12-22(32(37)38)17-26(19)27-16-14-23(39-27)18-28-31(36)35-30(21-8-3-2-4-9-21)25-15-13-20-7-5-6-10-24(20)29(25)34-33(35)40-28/h2-12,14,16-18,30H,13,15H2,1H3,(H,37,38)/b28-18+/t30-/m1/s1. The molecule has 0 unspecified atom stereocenters. The highest BCUT2D eigenvalue weighted by atomic mass is 32.1. The molecule has 0 bridgehead atoms. The first-order valence-electron chi connectivity index (χ1n) is 13.1. The third-order valence-electron chi connectivity index (χ3n) is 7.64. The van der Waals surface area contributed by atoms with Crippen LogP contribution >= 0.6 is 11.3 Å². The largest absolute Gasteiger partial charge is 0.478 e. The molecule has 0 saturated carbocycles. The number of fused-ring (bicyclic) bond motifs is 3. The number of carboxylic acids is 1. The highest BCUT2D eigenvalue weighted by Crippen LogP contribution is 2.41. The third kappa shape index (κ3) is 3.98. The van der Waals surface area contributed by atoms with Gasteiger partial charge in [-0.2, -0.15) is 0 Å². The Morgan fingerprint density at radius 2 is 1.80 bits per heavy atom. The van der Waals surface area contributed by atoms with Gasteiger partial charge >= 0.3 is 5.97 Å². The third-order valence-corrected chi connectivity index (χ3v) is 8.62. The lowest BCUT2D eigenvalue weighted by molar-refractivity contribution is 0.0697. The molecule has 0 radical (unpaired) electrons. The van der Waals surface area contributed by atoms with Crippen molar-refractivity contribution in [2.75, 3.05) is 0 Å². The van der Waals surface area contributed by atoms with Gasteiger partial charge in [0.25, 0.3) is 5.56 Å². The van der Waals surface area contributed by atoms with Crippen LogP contribution in [0.2, 0.25) is 0 Å². The average molecular weight is 545 g/mol. The van der Waals surface area contributed by atoms with Gasteiger partial charge in [0.1, 0.15) is 11.5 Å². The Balaban J connectivity index is 1.38. The second-order valence-corrected chi connectivity index (χ2v) is 11.1. The smallest absolute Gasteiger partial charge is 0.335 e. The number of hydrogen-bond acceptors (Lipinski definition) is 5. The molecule has 5 aromatic rings. The number of benzene rings is 3. The van der Waals surface area contributed by atoms with Gasteiger partial charge < -0.3 is 9.52 Å². The Morgan fingerprint density at radius 3 is 2.62 bits per heavy atom. The normalized spacial score (nSPS) is 16.2. The number of nitrogens with zero attached hydrogens (tertiary/aromatic N) is 2. The Hall–Kier alpha value is -4.75. The molecular weight excluding hydrogens is 520 g/mol. The Morgan fingerprint density at radius 1 is 1.00 bits per heavy atom. The molecule has 196 valence electrons. The first kappa shape index (κ1) is 24.3. The quantitative estimate of drug-likeness (QED) is 0.320. The van der Waals surface area contributed by atoms with Gasteiger partial charge in [0, 0.05) is 17.2 Å². The molecule has 3 aromatic carbocycles. The van der Waals surface area contributed by atoms with E-state index >= 15 is 0 Å². The van der Waals surface area contributed by atoms with E-state index in [0.29, 0.717) is 26.4 Å². The molecule has 0 amide bonds. The monoisotopic (exact) mass is 544 g/mol. The van der Waals surface area contributed by atoms with Crippen molar-refractivity contribution in [2.24, 2.45) is 4.99 Å². The number of carboxylic acid groups (broad SMARTS) is 1. The minimum absolute atomic E-state index is 0.106. The van der Waals surface area contributed by atoms with Crippen LogP contribution in [0.3, 0.4) is 0 Å². The van der Waals surface area contributed by atoms with Gasteiger partial charge in [-0.25, -0.2) is 9.79 Å². The van der Waals surface area contributed by atoms with Crippen LogP contribution in [0.15, 0.2) is 105 Å². The van der Waals surface area contributed by atoms with Crippen molar-refractivity contribution in [1.82, 2.24) is 4.57 Å². The minimum Gasteiger partial charge on any atom is -0.478 e. The number of aryl methyl sites for hydroxylation is 2. The summed E-state index contributed by atoms with van der Waals surface area (Å²) in [5, 5.41) is 9.41. The Kier molecular flexibility index (Phi) is 5.75. The SMILES string of the molecule is Cc1ccc(C(=O)O)cc1-c1ccc(/C=c2/sc3n(c2=O)[C@H](c2ccccc2)C2=C(N=3)c3ccccc3CC2)o1. The summed E-state index contributed by atoms with van der Waals surface area (Å²) in [7, 11) is 0. The van der Waals surface area contributed by atoms with Crippen molar-refractivity contribution in [2.45, 2.75) is 25.8 Å². The van der Waals surface area contributed by atoms with Gasteiger partial charge in [-0.3, -0.25) is 9.36 Å². The zero-order valence-corrected chi connectivity index (χ0v) is 22.4. The van der Waals surface area contributed by atoms with Crippen molar-refractivity contribution >= 4 is 29.1 Å². The average Bonchev–Trinajstić information content (AvgIpc) is 3.56. The Bertz CT molecular complexity index is 2030. The fourth-order valence-corrected chi connectivity index (χ4v) is 6.66. The van der Waals surface area contributed by atoms with Gasteiger partial charge in [-0.15, -0.1) is 0 Å². The van der Waals surface area contributed by atoms with Crippen LogP contribution in [0, 0.1) is 6.92 Å². The summed E-state index contributed by atoms with van der Waals surface area (Å²) in [6.45, 7) is 1.91. The molecule has 1 N–H and O–H groups in total. The first-order chi connectivity index (χ1) is 19.5. The first-order valence-corrected chi connectivity index (χ1v) is 13.9. The number of carbonyl (C=O) groups is 1. The van der Waals surface area contributed by atoms with Crippen molar-refractivity contribution in [1.29, 1.82) is 0 Å². The summed E-state index contributed by atoms with van der Waals surface area (Å²) in [5.74, 6) is 0.0760. The van der Waals surface area contributed by atoms with E-state index < -0.39 is 5.97 Å². The molecule has 0 saturated heterocycles. The lowest BCUT2D eigenvalue weighted by Gasteiger charge is -2.30. The van der Waals surface area contributed by atoms with Crippen LogP contribution in [0.4, 0.5) is 0 Å².